The van der Waals surface area contributed by atoms with Crippen molar-refractivity contribution in [2.45, 2.75) is 19.8 Å². The molecule has 0 atom stereocenters. The summed E-state index contributed by atoms with van der Waals surface area (Å²) < 4.78 is 0. The lowest BCUT2D eigenvalue weighted by atomic mass is 10.1. The molecule has 0 saturated carbocycles. The summed E-state index contributed by atoms with van der Waals surface area (Å²) >= 11 is 0. The number of carbonyl (C=O) groups excluding carboxylic acids is 1. The Balaban J connectivity index is 2.23. The third kappa shape index (κ3) is 3.34. The molecule has 2 N–H and O–H groups in total. The van der Waals surface area contributed by atoms with Crippen LogP contribution in [0.4, 0.5) is 0 Å². The number of hydrogen-bond acceptors (Lipinski definition) is 2. The normalized spacial score (nSPS) is 10.8. The molecule has 1 heterocycles. The highest BCUT2D eigenvalue weighted by molar-refractivity contribution is 5.90. The first kappa shape index (κ1) is 15.3. The first-order chi connectivity index (χ1) is 10.2. The van der Waals surface area contributed by atoms with Gasteiger partial charge in [0, 0.05) is 30.2 Å². The summed E-state index contributed by atoms with van der Waals surface area (Å²) in [6, 6.07) is 6.16. The van der Waals surface area contributed by atoms with E-state index in [0.717, 1.165) is 22.9 Å². The molecule has 112 valence electrons. The number of benzene rings is 1. The van der Waals surface area contributed by atoms with Crippen molar-refractivity contribution in [1.82, 2.24) is 9.88 Å². The predicted molar refractivity (Wildman–Crippen MR) is 85.2 cm³/mol. The quantitative estimate of drug-likeness (QED) is 0.767. The topological polar surface area (TPSA) is 56.3 Å². The van der Waals surface area contributed by atoms with E-state index in [0.29, 0.717) is 19.5 Å². The number of H-pyrrole nitrogens is 1. The Hall–Kier alpha value is -2.07. The zero-order chi connectivity index (χ0) is 15.2. The van der Waals surface area contributed by atoms with Crippen molar-refractivity contribution in [2.75, 3.05) is 19.7 Å². The minimum Gasteiger partial charge on any atom is -0.395 e. The number of carbonyl (C=O) groups is 1. The van der Waals surface area contributed by atoms with Gasteiger partial charge in [0.2, 0.25) is 5.91 Å². The maximum absolute atomic E-state index is 12.3. The fourth-order valence-electron chi connectivity index (χ4n) is 2.59. The summed E-state index contributed by atoms with van der Waals surface area (Å²) in [7, 11) is 0. The minimum atomic E-state index is -0.0343. The highest BCUT2D eigenvalue weighted by Crippen LogP contribution is 2.23. The Labute approximate surface area is 125 Å². The zero-order valence-electron chi connectivity index (χ0n) is 12.4. The largest absolute Gasteiger partial charge is 0.395 e. The van der Waals surface area contributed by atoms with E-state index in [1.165, 1.54) is 5.56 Å². The highest BCUT2D eigenvalue weighted by Gasteiger charge is 2.15. The molecule has 2 rings (SSSR count). The Morgan fingerprint density at radius 1 is 1.43 bits per heavy atom. The van der Waals surface area contributed by atoms with E-state index in [4.69, 9.17) is 5.11 Å². The number of aryl methyl sites for hydroxylation is 1. The molecule has 0 aliphatic rings. The van der Waals surface area contributed by atoms with Gasteiger partial charge in [-0.25, -0.2) is 0 Å². The van der Waals surface area contributed by atoms with Crippen molar-refractivity contribution in [3.63, 3.8) is 0 Å². The summed E-state index contributed by atoms with van der Waals surface area (Å²) in [6.45, 7) is 6.54. The number of aliphatic hydroxyl groups is 1. The molecule has 4 heteroatoms. The van der Waals surface area contributed by atoms with Gasteiger partial charge in [0.15, 0.2) is 0 Å². The molecular weight excluding hydrogens is 264 g/mol. The van der Waals surface area contributed by atoms with E-state index >= 15 is 0 Å². The van der Waals surface area contributed by atoms with Gasteiger partial charge >= 0.3 is 0 Å². The van der Waals surface area contributed by atoms with E-state index in [2.05, 4.69) is 24.6 Å². The fraction of sp³-hybridized carbons (Fsp3) is 0.353. The van der Waals surface area contributed by atoms with Gasteiger partial charge in [-0.1, -0.05) is 31.2 Å². The van der Waals surface area contributed by atoms with E-state index in [9.17, 15) is 4.79 Å². The maximum Gasteiger partial charge on any atom is 0.227 e. The summed E-state index contributed by atoms with van der Waals surface area (Å²) in [5, 5.41) is 10.1. The van der Waals surface area contributed by atoms with Crippen molar-refractivity contribution < 1.29 is 9.90 Å². The van der Waals surface area contributed by atoms with E-state index < -0.39 is 0 Å². The smallest absolute Gasteiger partial charge is 0.227 e. The molecule has 2 aromatic rings. The number of rotatable bonds is 7. The van der Waals surface area contributed by atoms with Crippen LogP contribution in [0.5, 0.6) is 0 Å². The minimum absolute atomic E-state index is 0.00625. The Kier molecular flexibility index (Phi) is 5.17. The summed E-state index contributed by atoms with van der Waals surface area (Å²) in [5.74, 6) is 0.00625. The summed E-state index contributed by atoms with van der Waals surface area (Å²) in [5.41, 5.74) is 3.36. The predicted octanol–water partition coefficient (Wildman–Crippen LogP) is 2.28. The van der Waals surface area contributed by atoms with Gasteiger partial charge in [0.1, 0.15) is 0 Å². The van der Waals surface area contributed by atoms with Gasteiger partial charge in [0.05, 0.1) is 13.0 Å². The van der Waals surface area contributed by atoms with Gasteiger partial charge in [-0.05, 0) is 17.5 Å². The van der Waals surface area contributed by atoms with Crippen molar-refractivity contribution in [3.05, 3.63) is 48.2 Å². The second-order valence-electron chi connectivity index (χ2n) is 5.04. The summed E-state index contributed by atoms with van der Waals surface area (Å²) in [6.07, 6.45) is 4.88. The van der Waals surface area contributed by atoms with Crippen LogP contribution >= 0.6 is 0 Å². The summed E-state index contributed by atoms with van der Waals surface area (Å²) in [4.78, 5) is 17.2. The van der Waals surface area contributed by atoms with Crippen LogP contribution in [0.25, 0.3) is 10.9 Å². The van der Waals surface area contributed by atoms with Gasteiger partial charge in [-0.2, -0.15) is 0 Å². The molecular formula is C17H22N2O2. The second kappa shape index (κ2) is 7.09. The van der Waals surface area contributed by atoms with Gasteiger partial charge in [-0.3, -0.25) is 4.79 Å². The van der Waals surface area contributed by atoms with Crippen LogP contribution in [-0.4, -0.2) is 40.6 Å². The molecule has 0 fully saturated rings. The van der Waals surface area contributed by atoms with E-state index in [1.807, 2.05) is 18.3 Å². The molecule has 0 aliphatic heterocycles. The SMILES string of the molecule is C=CCN(CCO)C(=O)Cc1c[nH]c2c(CC)cccc12. The first-order valence-electron chi connectivity index (χ1n) is 7.28. The Morgan fingerprint density at radius 3 is 2.90 bits per heavy atom. The van der Waals surface area contributed by atoms with Crippen LogP contribution < -0.4 is 0 Å². The Morgan fingerprint density at radius 2 is 2.24 bits per heavy atom. The second-order valence-corrected chi connectivity index (χ2v) is 5.04. The molecule has 1 amide bonds. The van der Waals surface area contributed by atoms with Crippen LogP contribution in [0.3, 0.4) is 0 Å². The molecule has 21 heavy (non-hydrogen) atoms. The van der Waals surface area contributed by atoms with Crippen LogP contribution in [0.15, 0.2) is 37.1 Å². The van der Waals surface area contributed by atoms with Crippen molar-refractivity contribution >= 4 is 16.8 Å². The maximum atomic E-state index is 12.3. The van der Waals surface area contributed by atoms with Crippen LogP contribution in [-0.2, 0) is 17.6 Å². The standard InChI is InChI=1S/C17H22N2O2/c1-3-8-19(9-10-20)16(21)11-14-12-18-17-13(4-2)6-5-7-15(14)17/h3,5-7,12,18,20H,1,4,8-11H2,2H3. The monoisotopic (exact) mass is 286 g/mol. The number of aliphatic hydroxyl groups excluding tert-OH is 1. The lowest BCUT2D eigenvalue weighted by Gasteiger charge is -2.19. The van der Waals surface area contributed by atoms with Crippen molar-refractivity contribution in [2.24, 2.45) is 0 Å². The molecule has 4 nitrogen and oxygen atoms in total. The number of aromatic nitrogens is 1. The van der Waals surface area contributed by atoms with Crippen LogP contribution in [0.1, 0.15) is 18.1 Å². The van der Waals surface area contributed by atoms with Crippen LogP contribution in [0.2, 0.25) is 0 Å². The average Bonchev–Trinajstić information content (AvgIpc) is 2.90. The molecule has 0 aliphatic carbocycles. The van der Waals surface area contributed by atoms with Crippen LogP contribution in [0, 0.1) is 0 Å². The van der Waals surface area contributed by atoms with Crippen molar-refractivity contribution in [3.8, 4) is 0 Å². The number of hydrogen-bond donors (Lipinski definition) is 2. The number of para-hydroxylation sites is 1. The molecule has 1 aromatic heterocycles. The molecule has 0 unspecified atom stereocenters. The lowest BCUT2D eigenvalue weighted by Crippen LogP contribution is -2.34. The highest BCUT2D eigenvalue weighted by atomic mass is 16.3. The number of fused-ring (bicyclic) bond motifs is 1. The average molecular weight is 286 g/mol. The third-order valence-electron chi connectivity index (χ3n) is 3.68. The zero-order valence-corrected chi connectivity index (χ0v) is 12.4. The van der Waals surface area contributed by atoms with Gasteiger partial charge < -0.3 is 15.0 Å². The third-order valence-corrected chi connectivity index (χ3v) is 3.68. The molecule has 1 aromatic carbocycles. The number of amides is 1. The van der Waals surface area contributed by atoms with Gasteiger partial charge in [-0.15, -0.1) is 6.58 Å². The molecule has 0 bridgehead atoms. The molecule has 0 spiro atoms. The first-order valence-corrected chi connectivity index (χ1v) is 7.28. The lowest BCUT2D eigenvalue weighted by molar-refractivity contribution is -0.130. The number of nitrogens with zero attached hydrogens (tertiary/aromatic N) is 1. The molecule has 0 saturated heterocycles. The Bertz CT molecular complexity index is 631. The van der Waals surface area contributed by atoms with E-state index in [-0.39, 0.29) is 12.5 Å². The number of aromatic amines is 1. The van der Waals surface area contributed by atoms with Gasteiger partial charge in [0.25, 0.3) is 0 Å². The molecule has 0 radical (unpaired) electrons. The number of nitrogens with one attached hydrogen (secondary N) is 1. The fourth-order valence-corrected chi connectivity index (χ4v) is 2.59. The van der Waals surface area contributed by atoms with E-state index in [1.54, 1.807) is 11.0 Å². The van der Waals surface area contributed by atoms with Crippen molar-refractivity contribution in [1.29, 1.82) is 0 Å².